The molecule has 2 unspecified atom stereocenters. The molecule has 3 heteroatoms. The normalized spacial score (nSPS) is 26.6. The minimum atomic E-state index is 0.178. The Labute approximate surface area is 94.2 Å². The van der Waals surface area contributed by atoms with Crippen LogP contribution in [0.2, 0.25) is 0 Å². The second-order valence-corrected chi connectivity index (χ2v) is 5.72. The van der Waals surface area contributed by atoms with Crippen LogP contribution >= 0.6 is 0 Å². The van der Waals surface area contributed by atoms with Gasteiger partial charge in [-0.05, 0) is 50.7 Å². The maximum atomic E-state index is 6.39. The zero-order valence-corrected chi connectivity index (χ0v) is 10.5. The van der Waals surface area contributed by atoms with Crippen LogP contribution in [0, 0.1) is 11.3 Å². The van der Waals surface area contributed by atoms with Crippen LogP contribution in [0.5, 0.6) is 0 Å². The van der Waals surface area contributed by atoms with Gasteiger partial charge >= 0.3 is 0 Å². The van der Waals surface area contributed by atoms with Gasteiger partial charge in [-0.25, -0.2) is 0 Å². The first-order valence-corrected chi connectivity index (χ1v) is 6.11. The molecular weight excluding hydrogens is 186 g/mol. The quantitative estimate of drug-likeness (QED) is 0.733. The molecule has 0 amide bonds. The fourth-order valence-electron chi connectivity index (χ4n) is 2.68. The van der Waals surface area contributed by atoms with Gasteiger partial charge in [-0.2, -0.15) is 0 Å². The summed E-state index contributed by atoms with van der Waals surface area (Å²) in [5.74, 6) is 0.644. The van der Waals surface area contributed by atoms with E-state index in [0.29, 0.717) is 5.92 Å². The van der Waals surface area contributed by atoms with E-state index in [0.717, 1.165) is 19.5 Å². The van der Waals surface area contributed by atoms with Gasteiger partial charge in [0, 0.05) is 12.6 Å². The molecule has 90 valence electrons. The molecule has 1 heterocycles. The van der Waals surface area contributed by atoms with Gasteiger partial charge in [0.1, 0.15) is 0 Å². The molecule has 3 nitrogen and oxygen atoms in total. The summed E-state index contributed by atoms with van der Waals surface area (Å²) in [4.78, 5) is 2.40. The minimum Gasteiger partial charge on any atom is -0.330 e. The molecule has 1 saturated heterocycles. The van der Waals surface area contributed by atoms with E-state index >= 15 is 0 Å². The largest absolute Gasteiger partial charge is 0.330 e. The van der Waals surface area contributed by atoms with E-state index in [1.54, 1.807) is 0 Å². The fourth-order valence-corrected chi connectivity index (χ4v) is 2.68. The van der Waals surface area contributed by atoms with Gasteiger partial charge in [-0.15, -0.1) is 0 Å². The third kappa shape index (κ3) is 3.44. The highest BCUT2D eigenvalue weighted by Gasteiger charge is 2.33. The fraction of sp³-hybridized carbons (Fsp3) is 1.00. The molecule has 0 saturated carbocycles. The van der Waals surface area contributed by atoms with Crippen LogP contribution in [0.25, 0.3) is 0 Å². The van der Waals surface area contributed by atoms with Crippen molar-refractivity contribution in [3.8, 4) is 0 Å². The number of hydrogen-bond donors (Lipinski definition) is 2. The van der Waals surface area contributed by atoms with Crippen molar-refractivity contribution in [2.24, 2.45) is 22.8 Å². The maximum Gasteiger partial charge on any atom is 0.0131 e. The number of hydrogen-bond acceptors (Lipinski definition) is 3. The van der Waals surface area contributed by atoms with E-state index in [-0.39, 0.29) is 11.5 Å². The lowest BCUT2D eigenvalue weighted by molar-refractivity contribution is 0.124. The molecule has 0 aromatic carbocycles. The topological polar surface area (TPSA) is 55.3 Å². The van der Waals surface area contributed by atoms with E-state index in [1.807, 2.05) is 0 Å². The predicted molar refractivity (Wildman–Crippen MR) is 65.6 cm³/mol. The summed E-state index contributed by atoms with van der Waals surface area (Å²) in [6.45, 7) is 7.61. The summed E-state index contributed by atoms with van der Waals surface area (Å²) >= 11 is 0. The third-order valence-electron chi connectivity index (χ3n) is 3.86. The Morgan fingerprint density at radius 3 is 2.67 bits per heavy atom. The highest BCUT2D eigenvalue weighted by atomic mass is 15.1. The molecule has 1 aliphatic heterocycles. The lowest BCUT2D eigenvalue weighted by Crippen LogP contribution is -2.49. The number of nitrogens with zero attached hydrogens (tertiary/aromatic N) is 1. The molecule has 1 aliphatic rings. The van der Waals surface area contributed by atoms with Crippen molar-refractivity contribution in [1.29, 1.82) is 0 Å². The van der Waals surface area contributed by atoms with E-state index in [2.05, 4.69) is 25.8 Å². The van der Waals surface area contributed by atoms with Crippen LogP contribution in [0.1, 0.15) is 33.1 Å². The average molecular weight is 213 g/mol. The molecule has 0 radical (unpaired) electrons. The van der Waals surface area contributed by atoms with Gasteiger partial charge in [-0.1, -0.05) is 13.8 Å². The van der Waals surface area contributed by atoms with Crippen LogP contribution < -0.4 is 11.5 Å². The van der Waals surface area contributed by atoms with Crippen LogP contribution in [0.4, 0.5) is 0 Å². The van der Waals surface area contributed by atoms with Crippen LogP contribution in [0.3, 0.4) is 0 Å². The number of piperidine rings is 1. The molecule has 0 spiro atoms. The molecule has 0 aliphatic carbocycles. The van der Waals surface area contributed by atoms with Gasteiger partial charge in [0.05, 0.1) is 0 Å². The average Bonchev–Trinajstić information content (AvgIpc) is 2.16. The van der Waals surface area contributed by atoms with Crippen LogP contribution in [-0.4, -0.2) is 37.6 Å². The Hall–Kier alpha value is -0.120. The van der Waals surface area contributed by atoms with Crippen molar-refractivity contribution >= 4 is 0 Å². The summed E-state index contributed by atoms with van der Waals surface area (Å²) < 4.78 is 0. The third-order valence-corrected chi connectivity index (χ3v) is 3.86. The van der Waals surface area contributed by atoms with E-state index < -0.39 is 0 Å². The van der Waals surface area contributed by atoms with Crippen molar-refractivity contribution in [3.05, 3.63) is 0 Å². The Balaban J connectivity index is 2.54. The Morgan fingerprint density at radius 2 is 2.13 bits per heavy atom. The van der Waals surface area contributed by atoms with Gasteiger partial charge < -0.3 is 16.4 Å². The summed E-state index contributed by atoms with van der Waals surface area (Å²) in [5.41, 5.74) is 12.2. The Morgan fingerprint density at radius 1 is 1.47 bits per heavy atom. The highest BCUT2D eigenvalue weighted by molar-refractivity contribution is 4.89. The summed E-state index contributed by atoms with van der Waals surface area (Å²) in [6, 6.07) is 0.281. The van der Waals surface area contributed by atoms with Crippen molar-refractivity contribution in [2.45, 2.75) is 39.2 Å². The molecular formula is C12H27N3. The first-order valence-electron chi connectivity index (χ1n) is 6.11. The molecule has 0 bridgehead atoms. The van der Waals surface area contributed by atoms with Crippen molar-refractivity contribution in [1.82, 2.24) is 4.90 Å². The Kier molecular flexibility index (Phi) is 4.56. The number of rotatable bonds is 4. The predicted octanol–water partition coefficient (Wildman–Crippen LogP) is 1.03. The van der Waals surface area contributed by atoms with Gasteiger partial charge in [0.25, 0.3) is 0 Å². The zero-order valence-electron chi connectivity index (χ0n) is 10.5. The SMILES string of the molecule is CN1CCCC(C(N)C(C)(C)CCN)C1. The first kappa shape index (κ1) is 12.9. The summed E-state index contributed by atoms with van der Waals surface area (Å²) in [7, 11) is 2.19. The second-order valence-electron chi connectivity index (χ2n) is 5.72. The van der Waals surface area contributed by atoms with Crippen molar-refractivity contribution in [3.63, 3.8) is 0 Å². The summed E-state index contributed by atoms with van der Waals surface area (Å²) in [6.07, 6.45) is 3.58. The van der Waals surface area contributed by atoms with E-state index in [1.165, 1.54) is 19.4 Å². The Bertz CT molecular complexity index is 191. The molecule has 4 N–H and O–H groups in total. The van der Waals surface area contributed by atoms with E-state index in [4.69, 9.17) is 11.5 Å². The number of likely N-dealkylation sites (tertiary alicyclic amines) is 1. The number of nitrogens with two attached hydrogens (primary N) is 2. The second kappa shape index (κ2) is 5.28. The molecule has 0 aromatic heterocycles. The first-order chi connectivity index (χ1) is 6.97. The minimum absolute atomic E-state index is 0.178. The summed E-state index contributed by atoms with van der Waals surface area (Å²) in [5, 5.41) is 0. The maximum absolute atomic E-state index is 6.39. The van der Waals surface area contributed by atoms with Gasteiger partial charge in [0.2, 0.25) is 0 Å². The van der Waals surface area contributed by atoms with Crippen LogP contribution in [-0.2, 0) is 0 Å². The molecule has 0 aromatic rings. The van der Waals surface area contributed by atoms with Gasteiger partial charge in [0.15, 0.2) is 0 Å². The van der Waals surface area contributed by atoms with E-state index in [9.17, 15) is 0 Å². The lowest BCUT2D eigenvalue weighted by atomic mass is 9.73. The van der Waals surface area contributed by atoms with Gasteiger partial charge in [-0.3, -0.25) is 0 Å². The lowest BCUT2D eigenvalue weighted by Gasteiger charge is -2.41. The van der Waals surface area contributed by atoms with Crippen molar-refractivity contribution < 1.29 is 0 Å². The molecule has 1 rings (SSSR count). The standard InChI is InChI=1S/C12H27N3/c1-12(2,6-7-13)11(14)10-5-4-8-15(3)9-10/h10-11H,4-9,13-14H2,1-3H3. The molecule has 1 fully saturated rings. The zero-order chi connectivity index (χ0) is 11.5. The smallest absolute Gasteiger partial charge is 0.0131 e. The van der Waals surface area contributed by atoms with Crippen LogP contribution in [0.15, 0.2) is 0 Å². The van der Waals surface area contributed by atoms with Crippen molar-refractivity contribution in [2.75, 3.05) is 26.7 Å². The highest BCUT2D eigenvalue weighted by Crippen LogP contribution is 2.31. The monoisotopic (exact) mass is 213 g/mol. The molecule has 15 heavy (non-hydrogen) atoms. The molecule has 2 atom stereocenters.